The molecule has 1 aromatic carbocycles. The number of hydrogen-bond acceptors (Lipinski definition) is 2. The van der Waals surface area contributed by atoms with Crippen LogP contribution < -0.4 is 5.73 Å². The number of Topliss-reactive ketones (excluding diaryl/α,β-unsaturated/α-hetero) is 1. The van der Waals surface area contributed by atoms with E-state index in [-0.39, 0.29) is 24.1 Å². The summed E-state index contributed by atoms with van der Waals surface area (Å²) in [6.07, 6.45) is 0. The molecule has 76 valence electrons. The van der Waals surface area contributed by atoms with Crippen LogP contribution in [0.15, 0.2) is 18.2 Å². The maximum absolute atomic E-state index is 12.8. The molecule has 0 saturated heterocycles. The van der Waals surface area contributed by atoms with Crippen molar-refractivity contribution < 1.29 is 9.18 Å². The molecular formula is C11H14FNO. The van der Waals surface area contributed by atoms with Gasteiger partial charge in [-0.05, 0) is 23.8 Å². The zero-order valence-electron chi connectivity index (χ0n) is 8.38. The van der Waals surface area contributed by atoms with Crippen molar-refractivity contribution in [1.82, 2.24) is 0 Å². The van der Waals surface area contributed by atoms with Crippen LogP contribution >= 0.6 is 0 Å². The maximum Gasteiger partial charge on any atom is 0.165 e. The maximum atomic E-state index is 12.8. The first-order valence-corrected chi connectivity index (χ1v) is 4.59. The molecule has 0 heterocycles. The second kappa shape index (κ2) is 4.33. The van der Waals surface area contributed by atoms with Crippen LogP contribution in [-0.2, 0) is 6.54 Å². The first kappa shape index (κ1) is 10.9. The summed E-state index contributed by atoms with van der Waals surface area (Å²) >= 11 is 0. The van der Waals surface area contributed by atoms with Crippen molar-refractivity contribution in [2.45, 2.75) is 20.4 Å². The second-order valence-corrected chi connectivity index (χ2v) is 3.52. The van der Waals surface area contributed by atoms with E-state index < -0.39 is 0 Å². The van der Waals surface area contributed by atoms with Crippen molar-refractivity contribution in [3.05, 3.63) is 35.1 Å². The molecule has 3 heteroatoms. The van der Waals surface area contributed by atoms with E-state index in [0.29, 0.717) is 11.1 Å². The van der Waals surface area contributed by atoms with Gasteiger partial charge in [-0.1, -0.05) is 13.8 Å². The first-order chi connectivity index (χ1) is 6.56. The van der Waals surface area contributed by atoms with Crippen molar-refractivity contribution in [3.63, 3.8) is 0 Å². The standard InChI is InChI=1S/C11H14FNO/c1-7(2)11(14)10-4-3-9(12)5-8(10)6-13/h3-5,7H,6,13H2,1-2H3. The predicted molar refractivity (Wildman–Crippen MR) is 53.5 cm³/mol. The van der Waals surface area contributed by atoms with Crippen LogP contribution in [-0.4, -0.2) is 5.78 Å². The van der Waals surface area contributed by atoms with Gasteiger partial charge in [0.05, 0.1) is 0 Å². The molecule has 0 bridgehead atoms. The molecule has 0 spiro atoms. The lowest BCUT2D eigenvalue weighted by Gasteiger charge is -2.08. The molecule has 0 aliphatic carbocycles. The Balaban J connectivity index is 3.14. The molecule has 0 aromatic heterocycles. The van der Waals surface area contributed by atoms with Gasteiger partial charge < -0.3 is 5.73 Å². The molecule has 14 heavy (non-hydrogen) atoms. The molecule has 0 aliphatic rings. The average Bonchev–Trinajstić information content (AvgIpc) is 2.16. The van der Waals surface area contributed by atoms with Gasteiger partial charge in [-0.15, -0.1) is 0 Å². The van der Waals surface area contributed by atoms with Gasteiger partial charge in [0.2, 0.25) is 0 Å². The third-order valence-electron chi connectivity index (χ3n) is 2.08. The van der Waals surface area contributed by atoms with Crippen LogP contribution in [0.1, 0.15) is 29.8 Å². The first-order valence-electron chi connectivity index (χ1n) is 4.59. The normalized spacial score (nSPS) is 10.6. The van der Waals surface area contributed by atoms with Crippen LogP contribution in [0.2, 0.25) is 0 Å². The van der Waals surface area contributed by atoms with Crippen molar-refractivity contribution in [3.8, 4) is 0 Å². The van der Waals surface area contributed by atoms with Gasteiger partial charge >= 0.3 is 0 Å². The predicted octanol–water partition coefficient (Wildman–Crippen LogP) is 2.12. The zero-order valence-corrected chi connectivity index (χ0v) is 8.38. The van der Waals surface area contributed by atoms with Crippen molar-refractivity contribution in [1.29, 1.82) is 0 Å². The van der Waals surface area contributed by atoms with E-state index in [1.165, 1.54) is 18.2 Å². The van der Waals surface area contributed by atoms with Gasteiger partial charge in [-0.3, -0.25) is 4.79 Å². The van der Waals surface area contributed by atoms with Crippen LogP contribution in [0, 0.1) is 11.7 Å². The summed E-state index contributed by atoms with van der Waals surface area (Å²) in [6, 6.07) is 4.10. The SMILES string of the molecule is CC(C)C(=O)c1ccc(F)cc1CN. The quantitative estimate of drug-likeness (QED) is 0.751. The highest BCUT2D eigenvalue weighted by molar-refractivity contribution is 5.98. The number of rotatable bonds is 3. The summed E-state index contributed by atoms with van der Waals surface area (Å²) in [5, 5.41) is 0. The van der Waals surface area contributed by atoms with Crippen LogP contribution in [0.4, 0.5) is 4.39 Å². The number of nitrogens with two attached hydrogens (primary N) is 1. The average molecular weight is 195 g/mol. The Kier molecular flexibility index (Phi) is 3.36. The van der Waals surface area contributed by atoms with E-state index in [2.05, 4.69) is 0 Å². The number of benzene rings is 1. The summed E-state index contributed by atoms with van der Waals surface area (Å²) in [5.74, 6) is -0.443. The lowest BCUT2D eigenvalue weighted by Crippen LogP contribution is -2.12. The molecular weight excluding hydrogens is 181 g/mol. The highest BCUT2D eigenvalue weighted by Crippen LogP contribution is 2.15. The minimum absolute atomic E-state index is 0.00505. The Bertz CT molecular complexity index is 347. The van der Waals surface area contributed by atoms with Crippen molar-refractivity contribution in [2.75, 3.05) is 0 Å². The topological polar surface area (TPSA) is 43.1 Å². The van der Waals surface area contributed by atoms with E-state index in [9.17, 15) is 9.18 Å². The summed E-state index contributed by atoms with van der Waals surface area (Å²) < 4.78 is 12.8. The van der Waals surface area contributed by atoms with Gasteiger partial charge in [0.15, 0.2) is 5.78 Å². The number of ketones is 1. The lowest BCUT2D eigenvalue weighted by molar-refractivity contribution is 0.0938. The fourth-order valence-corrected chi connectivity index (χ4v) is 1.28. The Morgan fingerprint density at radius 3 is 2.64 bits per heavy atom. The third-order valence-corrected chi connectivity index (χ3v) is 2.08. The molecule has 0 atom stereocenters. The smallest absolute Gasteiger partial charge is 0.165 e. The van der Waals surface area contributed by atoms with Crippen LogP contribution in [0.25, 0.3) is 0 Å². The van der Waals surface area contributed by atoms with Gasteiger partial charge in [-0.2, -0.15) is 0 Å². The Morgan fingerprint density at radius 1 is 1.50 bits per heavy atom. The Hall–Kier alpha value is -1.22. The summed E-state index contributed by atoms with van der Waals surface area (Å²) in [7, 11) is 0. The molecule has 0 radical (unpaired) electrons. The molecule has 0 saturated carbocycles. The second-order valence-electron chi connectivity index (χ2n) is 3.52. The minimum Gasteiger partial charge on any atom is -0.326 e. The van der Waals surface area contributed by atoms with E-state index in [1.54, 1.807) is 0 Å². The van der Waals surface area contributed by atoms with Crippen molar-refractivity contribution in [2.24, 2.45) is 11.7 Å². The minimum atomic E-state index is -0.356. The number of halogens is 1. The molecule has 0 amide bonds. The van der Waals surface area contributed by atoms with E-state index >= 15 is 0 Å². The molecule has 2 nitrogen and oxygen atoms in total. The van der Waals surface area contributed by atoms with Crippen LogP contribution in [0.3, 0.4) is 0 Å². The van der Waals surface area contributed by atoms with E-state index in [1.807, 2.05) is 13.8 Å². The Morgan fingerprint density at radius 2 is 2.14 bits per heavy atom. The van der Waals surface area contributed by atoms with Gasteiger partial charge in [0, 0.05) is 18.0 Å². The molecule has 2 N–H and O–H groups in total. The van der Waals surface area contributed by atoms with Crippen LogP contribution in [0.5, 0.6) is 0 Å². The molecule has 0 aliphatic heterocycles. The number of carbonyl (C=O) groups is 1. The molecule has 1 rings (SSSR count). The largest absolute Gasteiger partial charge is 0.326 e. The number of hydrogen-bond donors (Lipinski definition) is 1. The van der Waals surface area contributed by atoms with Crippen molar-refractivity contribution >= 4 is 5.78 Å². The molecule has 0 unspecified atom stereocenters. The summed E-state index contributed by atoms with van der Waals surface area (Å²) in [6.45, 7) is 3.81. The fourth-order valence-electron chi connectivity index (χ4n) is 1.28. The van der Waals surface area contributed by atoms with Gasteiger partial charge in [0.25, 0.3) is 0 Å². The lowest BCUT2D eigenvalue weighted by atomic mass is 9.96. The van der Waals surface area contributed by atoms with Gasteiger partial charge in [0.1, 0.15) is 5.82 Å². The highest BCUT2D eigenvalue weighted by Gasteiger charge is 2.14. The fraction of sp³-hybridized carbons (Fsp3) is 0.364. The monoisotopic (exact) mass is 195 g/mol. The summed E-state index contributed by atoms with van der Waals surface area (Å²) in [4.78, 5) is 11.7. The molecule has 0 fully saturated rings. The van der Waals surface area contributed by atoms with E-state index in [4.69, 9.17) is 5.73 Å². The highest BCUT2D eigenvalue weighted by atomic mass is 19.1. The Labute approximate surface area is 82.9 Å². The number of carbonyl (C=O) groups excluding carboxylic acids is 1. The summed E-state index contributed by atoms with van der Waals surface area (Å²) in [5.41, 5.74) is 6.54. The van der Waals surface area contributed by atoms with E-state index in [0.717, 1.165) is 0 Å². The van der Waals surface area contributed by atoms with Gasteiger partial charge in [-0.25, -0.2) is 4.39 Å². The zero-order chi connectivity index (χ0) is 10.7. The molecule has 1 aromatic rings. The third kappa shape index (κ3) is 2.17.